The minimum absolute atomic E-state index is 0.0253. The Labute approximate surface area is 94.1 Å². The van der Waals surface area contributed by atoms with Crippen LogP contribution in [0.3, 0.4) is 0 Å². The lowest BCUT2D eigenvalue weighted by Crippen LogP contribution is -2.35. The predicted octanol–water partition coefficient (Wildman–Crippen LogP) is 2.59. The summed E-state index contributed by atoms with van der Waals surface area (Å²) in [5.41, 5.74) is 1.18. The number of rotatable bonds is 2. The van der Waals surface area contributed by atoms with E-state index in [0.717, 1.165) is 11.3 Å². The van der Waals surface area contributed by atoms with E-state index in [0.29, 0.717) is 12.1 Å². The maximum Gasteiger partial charge on any atom is 0.151 e. The lowest BCUT2D eigenvalue weighted by atomic mass is 10.1. The Morgan fingerprint density at radius 1 is 1.38 bits per heavy atom. The highest BCUT2D eigenvalue weighted by Gasteiger charge is 2.11. The molecule has 0 amide bonds. The molecular weight excluding hydrogens is 205 g/mol. The molecule has 0 unspecified atom stereocenters. The van der Waals surface area contributed by atoms with Crippen LogP contribution < -0.4 is 5.32 Å². The maximum absolute atomic E-state index is 13.4. The van der Waals surface area contributed by atoms with Crippen LogP contribution >= 0.6 is 0 Å². The molecule has 0 bridgehead atoms. The van der Waals surface area contributed by atoms with E-state index in [-0.39, 0.29) is 11.4 Å². The van der Waals surface area contributed by atoms with Crippen molar-refractivity contribution < 1.29 is 4.39 Å². The molecular formula is C12H16FN3. The van der Waals surface area contributed by atoms with Gasteiger partial charge < -0.3 is 10.3 Å². The number of H-pyrrole nitrogens is 1. The molecule has 86 valence electrons. The van der Waals surface area contributed by atoms with Crippen LogP contribution in [0.15, 0.2) is 18.2 Å². The quantitative estimate of drug-likeness (QED) is 0.818. The van der Waals surface area contributed by atoms with Gasteiger partial charge in [-0.2, -0.15) is 0 Å². The monoisotopic (exact) mass is 221 g/mol. The van der Waals surface area contributed by atoms with Gasteiger partial charge in [0.25, 0.3) is 0 Å². The Morgan fingerprint density at radius 3 is 2.75 bits per heavy atom. The molecule has 0 spiro atoms. The fourth-order valence-corrected chi connectivity index (χ4v) is 1.48. The minimum atomic E-state index is -0.282. The highest BCUT2D eigenvalue weighted by Crippen LogP contribution is 2.15. The van der Waals surface area contributed by atoms with Gasteiger partial charge in [-0.15, -0.1) is 0 Å². The van der Waals surface area contributed by atoms with Crippen LogP contribution in [0.25, 0.3) is 11.0 Å². The third kappa shape index (κ3) is 2.39. The average molecular weight is 221 g/mol. The molecule has 0 aliphatic carbocycles. The molecule has 4 heteroatoms. The lowest BCUT2D eigenvalue weighted by molar-refractivity contribution is 0.419. The lowest BCUT2D eigenvalue weighted by Gasteiger charge is -2.19. The summed E-state index contributed by atoms with van der Waals surface area (Å²) in [7, 11) is 0. The Hall–Kier alpha value is -1.42. The molecule has 0 atom stereocenters. The van der Waals surface area contributed by atoms with E-state index in [2.05, 4.69) is 36.1 Å². The van der Waals surface area contributed by atoms with Gasteiger partial charge in [-0.25, -0.2) is 9.37 Å². The van der Waals surface area contributed by atoms with E-state index in [1.54, 1.807) is 6.07 Å². The first-order valence-electron chi connectivity index (χ1n) is 5.34. The number of hydrogen-bond acceptors (Lipinski definition) is 2. The van der Waals surface area contributed by atoms with Crippen molar-refractivity contribution in [2.24, 2.45) is 0 Å². The molecule has 2 rings (SSSR count). The van der Waals surface area contributed by atoms with E-state index in [4.69, 9.17) is 0 Å². The predicted molar refractivity (Wildman–Crippen MR) is 62.6 cm³/mol. The van der Waals surface area contributed by atoms with Crippen molar-refractivity contribution in [3.05, 3.63) is 29.8 Å². The van der Waals surface area contributed by atoms with Crippen LogP contribution in [0, 0.1) is 5.82 Å². The van der Waals surface area contributed by atoms with Gasteiger partial charge in [0.05, 0.1) is 12.1 Å². The van der Waals surface area contributed by atoms with Crippen molar-refractivity contribution >= 4 is 11.0 Å². The van der Waals surface area contributed by atoms with Crippen molar-refractivity contribution in [2.75, 3.05) is 0 Å². The molecule has 0 fully saturated rings. The third-order valence-corrected chi connectivity index (χ3v) is 2.30. The van der Waals surface area contributed by atoms with Crippen LogP contribution in [-0.2, 0) is 6.54 Å². The van der Waals surface area contributed by atoms with Gasteiger partial charge in [0, 0.05) is 5.54 Å². The zero-order valence-corrected chi connectivity index (χ0v) is 9.76. The fraction of sp³-hybridized carbons (Fsp3) is 0.417. The number of nitrogens with zero attached hydrogens (tertiary/aromatic N) is 1. The Kier molecular flexibility index (Phi) is 2.68. The number of imidazole rings is 1. The van der Waals surface area contributed by atoms with E-state index >= 15 is 0 Å². The highest BCUT2D eigenvalue weighted by molar-refractivity contribution is 5.75. The maximum atomic E-state index is 13.4. The summed E-state index contributed by atoms with van der Waals surface area (Å²) in [6.45, 7) is 6.85. The van der Waals surface area contributed by atoms with Crippen molar-refractivity contribution in [1.29, 1.82) is 0 Å². The number of halogens is 1. The van der Waals surface area contributed by atoms with Crippen molar-refractivity contribution in [2.45, 2.75) is 32.9 Å². The van der Waals surface area contributed by atoms with Gasteiger partial charge in [0.2, 0.25) is 0 Å². The van der Waals surface area contributed by atoms with E-state index in [1.165, 1.54) is 6.07 Å². The van der Waals surface area contributed by atoms with Crippen molar-refractivity contribution in [3.8, 4) is 0 Å². The Balaban J connectivity index is 2.24. The molecule has 0 saturated carbocycles. The molecule has 0 radical (unpaired) electrons. The fourth-order valence-electron chi connectivity index (χ4n) is 1.48. The molecule has 0 aliphatic heterocycles. The number of aromatic nitrogens is 2. The normalized spacial score (nSPS) is 12.2. The molecule has 2 aromatic rings. The molecule has 16 heavy (non-hydrogen) atoms. The van der Waals surface area contributed by atoms with Crippen LogP contribution in [0.2, 0.25) is 0 Å². The summed E-state index contributed by atoms with van der Waals surface area (Å²) in [5, 5.41) is 3.30. The number of para-hydroxylation sites is 1. The number of aromatic amines is 1. The second-order valence-electron chi connectivity index (χ2n) is 4.92. The zero-order valence-electron chi connectivity index (χ0n) is 9.76. The largest absolute Gasteiger partial charge is 0.341 e. The second kappa shape index (κ2) is 3.87. The highest BCUT2D eigenvalue weighted by atomic mass is 19.1. The summed E-state index contributed by atoms with van der Waals surface area (Å²) < 4.78 is 13.4. The topological polar surface area (TPSA) is 40.7 Å². The molecule has 1 aromatic heterocycles. The zero-order chi connectivity index (χ0) is 11.8. The first-order chi connectivity index (χ1) is 7.46. The Morgan fingerprint density at radius 2 is 2.12 bits per heavy atom. The first kappa shape index (κ1) is 11.1. The standard InChI is InChI=1S/C12H16FN3/c1-12(2,3)14-7-10-15-9-6-4-5-8(13)11(9)16-10/h4-6,14H,7H2,1-3H3,(H,15,16). The van der Waals surface area contributed by atoms with E-state index in [9.17, 15) is 4.39 Å². The molecule has 1 heterocycles. The summed E-state index contributed by atoms with van der Waals surface area (Å²) in [4.78, 5) is 7.32. The third-order valence-electron chi connectivity index (χ3n) is 2.30. The SMILES string of the molecule is CC(C)(C)NCc1nc2c(F)cccc2[nH]1. The van der Waals surface area contributed by atoms with Gasteiger partial charge in [0.1, 0.15) is 11.3 Å². The molecule has 2 N–H and O–H groups in total. The second-order valence-corrected chi connectivity index (χ2v) is 4.92. The number of hydrogen-bond donors (Lipinski definition) is 2. The van der Waals surface area contributed by atoms with Crippen molar-refractivity contribution in [1.82, 2.24) is 15.3 Å². The van der Waals surface area contributed by atoms with Gasteiger partial charge >= 0.3 is 0 Å². The molecule has 3 nitrogen and oxygen atoms in total. The van der Waals surface area contributed by atoms with E-state index < -0.39 is 0 Å². The molecule has 0 aliphatic rings. The number of fused-ring (bicyclic) bond motifs is 1. The Bertz CT molecular complexity index is 496. The molecule has 1 aromatic carbocycles. The van der Waals surface area contributed by atoms with Crippen LogP contribution in [0.1, 0.15) is 26.6 Å². The minimum Gasteiger partial charge on any atom is -0.341 e. The van der Waals surface area contributed by atoms with Crippen LogP contribution in [-0.4, -0.2) is 15.5 Å². The van der Waals surface area contributed by atoms with E-state index in [1.807, 2.05) is 6.07 Å². The van der Waals surface area contributed by atoms with Gasteiger partial charge in [0.15, 0.2) is 5.82 Å². The molecule has 0 saturated heterocycles. The van der Waals surface area contributed by atoms with Crippen molar-refractivity contribution in [3.63, 3.8) is 0 Å². The van der Waals surface area contributed by atoms with Gasteiger partial charge in [-0.1, -0.05) is 6.07 Å². The average Bonchev–Trinajstić information content (AvgIpc) is 2.58. The first-order valence-corrected chi connectivity index (χ1v) is 5.34. The summed E-state index contributed by atoms with van der Waals surface area (Å²) in [5.74, 6) is 0.478. The summed E-state index contributed by atoms with van der Waals surface area (Å²) in [6.07, 6.45) is 0. The smallest absolute Gasteiger partial charge is 0.151 e. The van der Waals surface area contributed by atoms with Crippen LogP contribution in [0.5, 0.6) is 0 Å². The number of nitrogens with one attached hydrogen (secondary N) is 2. The summed E-state index contributed by atoms with van der Waals surface area (Å²) >= 11 is 0. The van der Waals surface area contributed by atoms with Gasteiger partial charge in [-0.05, 0) is 32.9 Å². The van der Waals surface area contributed by atoms with Crippen LogP contribution in [0.4, 0.5) is 4.39 Å². The van der Waals surface area contributed by atoms with Gasteiger partial charge in [-0.3, -0.25) is 0 Å². The summed E-state index contributed by atoms with van der Waals surface area (Å²) in [6, 6.07) is 4.92. The number of benzene rings is 1.